The van der Waals surface area contributed by atoms with Crippen LogP contribution in [-0.2, 0) is 4.79 Å². The van der Waals surface area contributed by atoms with E-state index in [4.69, 9.17) is 21.7 Å². The second kappa shape index (κ2) is 16.7. The average Bonchev–Trinajstić information content (AvgIpc) is 2.94. The number of carboxylic acids is 2. The molecule has 0 aromatic heterocycles. The van der Waals surface area contributed by atoms with Crippen molar-refractivity contribution in [1.82, 2.24) is 5.32 Å². The van der Waals surface area contributed by atoms with E-state index in [2.05, 4.69) is 5.32 Å². The van der Waals surface area contributed by atoms with Crippen LogP contribution in [0.3, 0.4) is 0 Å². The first kappa shape index (κ1) is 25.6. The highest BCUT2D eigenvalue weighted by atomic mass is 16.4. The summed E-state index contributed by atoms with van der Waals surface area (Å²) in [6.45, 7) is 2.54. The van der Waals surface area contributed by atoms with Gasteiger partial charge < -0.3 is 27.0 Å². The van der Waals surface area contributed by atoms with Gasteiger partial charge in [-0.1, -0.05) is 19.3 Å². The van der Waals surface area contributed by atoms with Gasteiger partial charge in [-0.2, -0.15) is 0 Å². The van der Waals surface area contributed by atoms with E-state index in [1.165, 1.54) is 43.5 Å². The zero-order chi connectivity index (χ0) is 21.2. The van der Waals surface area contributed by atoms with Gasteiger partial charge in [0.25, 0.3) is 0 Å². The fourth-order valence-electron chi connectivity index (χ4n) is 2.30. The molecule has 1 amide bonds. The van der Waals surface area contributed by atoms with E-state index in [9.17, 15) is 14.4 Å². The lowest BCUT2D eigenvalue weighted by Gasteiger charge is -1.94. The van der Waals surface area contributed by atoms with Gasteiger partial charge in [-0.15, -0.1) is 0 Å². The molecule has 8 heteroatoms. The average molecular weight is 396 g/mol. The number of aromatic carboxylic acids is 2. The Morgan fingerprint density at radius 1 is 0.821 bits per heavy atom. The Balaban J connectivity index is 0.000000405. The minimum absolute atomic E-state index is 0.0833. The molecule has 1 aromatic rings. The molecule has 2 rings (SSSR count). The second-order valence-electron chi connectivity index (χ2n) is 6.34. The molecule has 0 spiro atoms. The summed E-state index contributed by atoms with van der Waals surface area (Å²) in [4.78, 5) is 31.2. The Kier molecular flexibility index (Phi) is 15.2. The third kappa shape index (κ3) is 13.7. The monoisotopic (exact) mass is 395 g/mol. The largest absolute Gasteiger partial charge is 0.478 e. The smallest absolute Gasteiger partial charge is 0.335 e. The number of benzene rings is 1. The summed E-state index contributed by atoms with van der Waals surface area (Å²) in [7, 11) is 0. The molecule has 1 fully saturated rings. The third-order valence-corrected chi connectivity index (χ3v) is 3.94. The van der Waals surface area contributed by atoms with Crippen LogP contribution >= 0.6 is 0 Å². The summed E-state index contributed by atoms with van der Waals surface area (Å²) in [5.74, 6) is -1.90. The number of carbonyl (C=O) groups is 3. The molecule has 158 valence electrons. The van der Waals surface area contributed by atoms with E-state index in [-0.39, 0.29) is 17.0 Å². The van der Waals surface area contributed by atoms with Crippen molar-refractivity contribution in [2.45, 2.75) is 51.4 Å². The highest BCUT2D eigenvalue weighted by Gasteiger charge is 2.05. The molecule has 0 atom stereocenters. The van der Waals surface area contributed by atoms with Crippen LogP contribution in [0.1, 0.15) is 72.1 Å². The second-order valence-corrected chi connectivity index (χ2v) is 6.34. The van der Waals surface area contributed by atoms with E-state index >= 15 is 0 Å². The minimum Gasteiger partial charge on any atom is -0.478 e. The van der Waals surface area contributed by atoms with Gasteiger partial charge in [0.15, 0.2) is 0 Å². The summed E-state index contributed by atoms with van der Waals surface area (Å²) in [6, 6.07) is 5.02. The fraction of sp³-hybridized carbons (Fsp3) is 0.550. The van der Waals surface area contributed by atoms with E-state index < -0.39 is 11.9 Å². The highest BCUT2D eigenvalue weighted by molar-refractivity contribution is 5.91. The number of nitrogens with one attached hydrogen (secondary N) is 1. The van der Waals surface area contributed by atoms with Gasteiger partial charge in [0.2, 0.25) is 5.91 Å². The summed E-state index contributed by atoms with van der Waals surface area (Å²) in [6.07, 6.45) is 8.97. The molecule has 1 aromatic carbocycles. The lowest BCUT2D eigenvalue weighted by atomic mass is 10.1. The van der Waals surface area contributed by atoms with E-state index in [0.29, 0.717) is 0 Å². The first-order chi connectivity index (χ1) is 13.4. The zero-order valence-corrected chi connectivity index (χ0v) is 16.4. The minimum atomic E-state index is -1.06. The number of hydrogen-bond acceptors (Lipinski definition) is 5. The van der Waals surface area contributed by atoms with Crippen LogP contribution < -0.4 is 16.8 Å². The third-order valence-electron chi connectivity index (χ3n) is 3.94. The van der Waals surface area contributed by atoms with Crippen LogP contribution in [0.25, 0.3) is 0 Å². The number of rotatable bonds is 7. The van der Waals surface area contributed by atoms with Gasteiger partial charge in [-0.05, 0) is 63.0 Å². The molecule has 1 heterocycles. The van der Waals surface area contributed by atoms with Gasteiger partial charge >= 0.3 is 11.9 Å². The first-order valence-electron chi connectivity index (χ1n) is 9.65. The number of hydrogen-bond donors (Lipinski definition) is 5. The molecule has 1 aliphatic rings. The molecular weight excluding hydrogens is 362 g/mol. The first-order valence-corrected chi connectivity index (χ1v) is 9.65. The Hall–Kier alpha value is -2.45. The summed E-state index contributed by atoms with van der Waals surface area (Å²) >= 11 is 0. The van der Waals surface area contributed by atoms with Crippen molar-refractivity contribution < 1.29 is 24.6 Å². The van der Waals surface area contributed by atoms with Crippen LogP contribution in [0.5, 0.6) is 0 Å². The number of nitrogens with two attached hydrogens (primary N) is 2. The predicted octanol–water partition coefficient (Wildman–Crippen LogP) is 2.22. The quantitative estimate of drug-likeness (QED) is 0.443. The van der Waals surface area contributed by atoms with Gasteiger partial charge in [0.05, 0.1) is 11.1 Å². The lowest BCUT2D eigenvalue weighted by Crippen LogP contribution is -2.21. The number of amides is 1. The zero-order valence-electron chi connectivity index (χ0n) is 16.4. The molecular formula is C20H33N3O5. The standard InChI is InChI=1S/C8H6O4.C6H16N2.C6H11NO/c9-7(10)5-1-2-6(4-3-5)8(11)12;7-5-3-1-2-4-6-8;8-6-4-2-1-3-5-7-6/h1-4H,(H,9,10)(H,11,12);1-8H2;1-5H2,(H,7,8). The van der Waals surface area contributed by atoms with Gasteiger partial charge in [0, 0.05) is 13.0 Å². The number of carboxylic acid groups (broad SMARTS) is 2. The summed E-state index contributed by atoms with van der Waals surface area (Å²) < 4.78 is 0. The molecule has 7 N–H and O–H groups in total. The SMILES string of the molecule is NCCCCCCN.O=C(O)c1ccc(C(=O)O)cc1.O=C1CCCCCN1. The maximum absolute atomic E-state index is 10.6. The normalized spacial score (nSPS) is 13.0. The summed E-state index contributed by atoms with van der Waals surface area (Å²) in [5, 5.41) is 19.7. The van der Waals surface area contributed by atoms with Crippen LogP contribution in [0.4, 0.5) is 0 Å². The molecule has 0 radical (unpaired) electrons. The molecule has 0 unspecified atom stereocenters. The van der Waals surface area contributed by atoms with Crippen LogP contribution in [-0.4, -0.2) is 47.7 Å². The molecule has 0 aliphatic carbocycles. The van der Waals surface area contributed by atoms with E-state index in [1.54, 1.807) is 0 Å². The maximum atomic E-state index is 10.6. The highest BCUT2D eigenvalue weighted by Crippen LogP contribution is 2.04. The number of unbranched alkanes of at least 4 members (excludes halogenated alkanes) is 3. The van der Waals surface area contributed by atoms with Gasteiger partial charge in [-0.3, -0.25) is 4.79 Å². The maximum Gasteiger partial charge on any atom is 0.335 e. The fourth-order valence-corrected chi connectivity index (χ4v) is 2.30. The van der Waals surface area contributed by atoms with Crippen molar-refractivity contribution in [1.29, 1.82) is 0 Å². The molecule has 0 saturated carbocycles. The van der Waals surface area contributed by atoms with Gasteiger partial charge in [0.1, 0.15) is 0 Å². The van der Waals surface area contributed by atoms with Crippen LogP contribution in [0.2, 0.25) is 0 Å². The van der Waals surface area contributed by atoms with Crippen LogP contribution in [0, 0.1) is 0 Å². The molecule has 28 heavy (non-hydrogen) atoms. The molecule has 8 nitrogen and oxygen atoms in total. The van der Waals surface area contributed by atoms with Crippen molar-refractivity contribution in [3.05, 3.63) is 35.4 Å². The summed E-state index contributed by atoms with van der Waals surface area (Å²) in [5.41, 5.74) is 10.7. The molecule has 1 aliphatic heterocycles. The van der Waals surface area contributed by atoms with Crippen molar-refractivity contribution in [3.8, 4) is 0 Å². The van der Waals surface area contributed by atoms with Crippen molar-refractivity contribution in [2.24, 2.45) is 11.5 Å². The Bertz CT molecular complexity index is 527. The van der Waals surface area contributed by atoms with E-state index in [1.807, 2.05) is 0 Å². The van der Waals surface area contributed by atoms with Crippen molar-refractivity contribution >= 4 is 17.8 Å². The van der Waals surface area contributed by atoms with E-state index in [0.717, 1.165) is 51.7 Å². The Morgan fingerprint density at radius 2 is 1.29 bits per heavy atom. The molecule has 1 saturated heterocycles. The molecule has 0 bridgehead atoms. The van der Waals surface area contributed by atoms with Crippen molar-refractivity contribution in [2.75, 3.05) is 19.6 Å². The Labute approximate surface area is 166 Å². The Morgan fingerprint density at radius 3 is 1.68 bits per heavy atom. The lowest BCUT2D eigenvalue weighted by molar-refractivity contribution is -0.120. The van der Waals surface area contributed by atoms with Crippen molar-refractivity contribution in [3.63, 3.8) is 0 Å². The number of carbonyl (C=O) groups excluding carboxylic acids is 1. The van der Waals surface area contributed by atoms with Gasteiger partial charge in [-0.25, -0.2) is 9.59 Å². The predicted molar refractivity (Wildman–Crippen MR) is 108 cm³/mol. The topological polar surface area (TPSA) is 156 Å². The van der Waals surface area contributed by atoms with Crippen LogP contribution in [0.15, 0.2) is 24.3 Å².